The summed E-state index contributed by atoms with van der Waals surface area (Å²) in [5.41, 5.74) is 2.13. The summed E-state index contributed by atoms with van der Waals surface area (Å²) < 4.78 is 1.68. The zero-order valence-electron chi connectivity index (χ0n) is 16.2. The van der Waals surface area contributed by atoms with Crippen LogP contribution in [-0.4, -0.2) is 37.9 Å². The van der Waals surface area contributed by atoms with Crippen LogP contribution in [0.15, 0.2) is 70.6 Å². The van der Waals surface area contributed by atoms with Gasteiger partial charge < -0.3 is 4.90 Å². The van der Waals surface area contributed by atoms with Crippen LogP contribution in [0.1, 0.15) is 30.0 Å². The maximum atomic E-state index is 13.0. The van der Waals surface area contributed by atoms with Crippen LogP contribution >= 0.6 is 11.8 Å². The number of carbonyl (C=O) groups is 1. The average Bonchev–Trinajstić information content (AvgIpc) is 3.52. The van der Waals surface area contributed by atoms with Crippen molar-refractivity contribution in [3.8, 4) is 0 Å². The third kappa shape index (κ3) is 5.17. The molecular formula is C22H24N4O2S. The number of hydrogen-bond donors (Lipinski definition) is 1. The second-order valence-electron chi connectivity index (χ2n) is 7.24. The fourth-order valence-corrected chi connectivity index (χ4v) is 4.19. The van der Waals surface area contributed by atoms with Crippen molar-refractivity contribution < 1.29 is 4.79 Å². The van der Waals surface area contributed by atoms with E-state index in [4.69, 9.17) is 0 Å². The highest BCUT2D eigenvalue weighted by molar-refractivity contribution is 7.99. The van der Waals surface area contributed by atoms with E-state index in [1.54, 1.807) is 4.57 Å². The molecule has 3 aromatic rings. The van der Waals surface area contributed by atoms with Crippen LogP contribution in [0.5, 0.6) is 0 Å². The Morgan fingerprint density at radius 2 is 1.72 bits per heavy atom. The van der Waals surface area contributed by atoms with Gasteiger partial charge in [-0.2, -0.15) is 0 Å². The van der Waals surface area contributed by atoms with Crippen LogP contribution in [0.25, 0.3) is 0 Å². The number of hydrogen-bond acceptors (Lipinski definition) is 4. The van der Waals surface area contributed by atoms with Crippen LogP contribution in [0.4, 0.5) is 0 Å². The second kappa shape index (κ2) is 9.13. The molecule has 29 heavy (non-hydrogen) atoms. The number of aromatic nitrogens is 3. The van der Waals surface area contributed by atoms with E-state index >= 15 is 0 Å². The van der Waals surface area contributed by atoms with Gasteiger partial charge in [0.15, 0.2) is 5.16 Å². The van der Waals surface area contributed by atoms with Crippen molar-refractivity contribution >= 4 is 17.7 Å². The summed E-state index contributed by atoms with van der Waals surface area (Å²) in [5, 5.41) is 7.22. The molecule has 0 saturated heterocycles. The van der Waals surface area contributed by atoms with E-state index in [0.717, 1.165) is 24.8 Å². The molecule has 1 aliphatic rings. The predicted octanol–water partition coefficient (Wildman–Crippen LogP) is 3.27. The van der Waals surface area contributed by atoms with Gasteiger partial charge in [0.05, 0.1) is 5.75 Å². The molecule has 4 rings (SSSR count). The molecule has 6 nitrogen and oxygen atoms in total. The van der Waals surface area contributed by atoms with E-state index < -0.39 is 0 Å². The molecule has 1 heterocycles. The molecule has 1 aromatic heterocycles. The van der Waals surface area contributed by atoms with Gasteiger partial charge in [0.1, 0.15) is 0 Å². The molecule has 1 saturated carbocycles. The number of thioether (sulfide) groups is 1. The topological polar surface area (TPSA) is 71.0 Å². The molecule has 0 atom stereocenters. The number of carbonyl (C=O) groups excluding carboxylic acids is 1. The van der Waals surface area contributed by atoms with Gasteiger partial charge in [-0.15, -0.1) is 5.10 Å². The molecular weight excluding hydrogens is 384 g/mol. The van der Waals surface area contributed by atoms with E-state index in [9.17, 15) is 9.59 Å². The fourth-order valence-electron chi connectivity index (χ4n) is 3.27. The largest absolute Gasteiger partial charge is 0.344 e. The van der Waals surface area contributed by atoms with Crippen molar-refractivity contribution in [2.45, 2.75) is 37.0 Å². The van der Waals surface area contributed by atoms with E-state index in [1.807, 2.05) is 53.4 Å². The highest BCUT2D eigenvalue weighted by atomic mass is 32.2. The summed E-state index contributed by atoms with van der Waals surface area (Å²) in [6.07, 6.45) is 2.80. The smallest absolute Gasteiger partial charge is 0.337 e. The Hall–Kier alpha value is -2.80. The van der Waals surface area contributed by atoms with Gasteiger partial charge in [-0.25, -0.2) is 9.89 Å². The quantitative estimate of drug-likeness (QED) is 0.552. The summed E-state index contributed by atoms with van der Waals surface area (Å²) in [6, 6.07) is 20.5. The lowest BCUT2D eigenvalue weighted by atomic mass is 10.1. The minimum absolute atomic E-state index is 0.0487. The molecule has 2 aromatic carbocycles. The first-order valence-electron chi connectivity index (χ1n) is 9.86. The lowest BCUT2D eigenvalue weighted by molar-refractivity contribution is -0.128. The molecule has 0 aliphatic heterocycles. The number of amides is 1. The van der Waals surface area contributed by atoms with E-state index in [-0.39, 0.29) is 23.4 Å². The molecule has 0 bridgehead atoms. The Balaban J connectivity index is 1.42. The van der Waals surface area contributed by atoms with Crippen LogP contribution in [-0.2, 0) is 17.8 Å². The Morgan fingerprint density at radius 1 is 1.07 bits per heavy atom. The standard InChI is InChI=1S/C22H24N4O2S/c27-20(16-29-22-24-23-21(28)26(22)19-11-12-19)25(15-18-9-5-2-6-10-18)14-13-17-7-3-1-4-8-17/h1-10,19H,11-16H2,(H,23,28). The fraction of sp³-hybridized carbons (Fsp3) is 0.318. The van der Waals surface area contributed by atoms with Crippen molar-refractivity contribution in [2.75, 3.05) is 12.3 Å². The van der Waals surface area contributed by atoms with Gasteiger partial charge in [0.2, 0.25) is 5.91 Å². The third-order valence-corrected chi connectivity index (χ3v) is 5.93. The molecule has 1 amide bonds. The minimum Gasteiger partial charge on any atom is -0.337 e. The van der Waals surface area contributed by atoms with E-state index in [0.29, 0.717) is 18.2 Å². The van der Waals surface area contributed by atoms with Crippen LogP contribution in [0.3, 0.4) is 0 Å². The van der Waals surface area contributed by atoms with Crippen LogP contribution in [0, 0.1) is 0 Å². The van der Waals surface area contributed by atoms with Crippen molar-refractivity contribution in [3.63, 3.8) is 0 Å². The van der Waals surface area contributed by atoms with Crippen molar-refractivity contribution in [1.82, 2.24) is 19.7 Å². The van der Waals surface area contributed by atoms with Gasteiger partial charge in [0.25, 0.3) is 0 Å². The van der Waals surface area contributed by atoms with Crippen molar-refractivity contribution in [3.05, 3.63) is 82.3 Å². The number of aromatic amines is 1. The lowest BCUT2D eigenvalue weighted by Crippen LogP contribution is -2.34. The van der Waals surface area contributed by atoms with Gasteiger partial charge in [-0.05, 0) is 30.4 Å². The van der Waals surface area contributed by atoms with Gasteiger partial charge >= 0.3 is 5.69 Å². The predicted molar refractivity (Wildman–Crippen MR) is 114 cm³/mol. The van der Waals surface area contributed by atoms with Gasteiger partial charge in [-0.1, -0.05) is 72.4 Å². The van der Waals surface area contributed by atoms with Crippen LogP contribution in [0.2, 0.25) is 0 Å². The molecule has 1 fully saturated rings. The molecule has 1 N–H and O–H groups in total. The first kappa shape index (κ1) is 19.5. The minimum atomic E-state index is -0.187. The zero-order chi connectivity index (χ0) is 20.1. The molecule has 150 valence electrons. The molecule has 1 aliphatic carbocycles. The zero-order valence-corrected chi connectivity index (χ0v) is 17.0. The summed E-state index contributed by atoms with van der Waals surface area (Å²) >= 11 is 1.33. The normalized spacial score (nSPS) is 13.4. The average molecular weight is 409 g/mol. The highest BCUT2D eigenvalue weighted by Crippen LogP contribution is 2.36. The number of H-pyrrole nitrogens is 1. The van der Waals surface area contributed by atoms with E-state index in [1.165, 1.54) is 17.3 Å². The maximum Gasteiger partial charge on any atom is 0.344 e. The summed E-state index contributed by atoms with van der Waals surface area (Å²) in [5.74, 6) is 0.311. The molecule has 0 radical (unpaired) electrons. The summed E-state index contributed by atoms with van der Waals surface area (Å²) in [7, 11) is 0. The number of rotatable bonds is 9. The summed E-state index contributed by atoms with van der Waals surface area (Å²) in [4.78, 5) is 26.9. The Labute approximate surface area is 173 Å². The first-order valence-corrected chi connectivity index (χ1v) is 10.8. The maximum absolute atomic E-state index is 13.0. The number of nitrogens with one attached hydrogen (secondary N) is 1. The second-order valence-corrected chi connectivity index (χ2v) is 8.18. The SMILES string of the molecule is O=C(CSc1n[nH]c(=O)n1C1CC1)N(CCc1ccccc1)Cc1ccccc1. The van der Waals surface area contributed by atoms with E-state index in [2.05, 4.69) is 22.3 Å². The Bertz CT molecular complexity index is 996. The highest BCUT2D eigenvalue weighted by Gasteiger charge is 2.29. The Morgan fingerprint density at radius 3 is 2.38 bits per heavy atom. The van der Waals surface area contributed by atoms with Crippen molar-refractivity contribution in [1.29, 1.82) is 0 Å². The molecule has 7 heteroatoms. The summed E-state index contributed by atoms with van der Waals surface area (Å²) in [6.45, 7) is 1.22. The lowest BCUT2D eigenvalue weighted by Gasteiger charge is -2.23. The monoisotopic (exact) mass is 408 g/mol. The molecule has 0 spiro atoms. The van der Waals surface area contributed by atoms with Crippen LogP contribution < -0.4 is 5.69 Å². The third-order valence-electron chi connectivity index (χ3n) is 4.99. The number of benzene rings is 2. The van der Waals surface area contributed by atoms with Gasteiger partial charge in [-0.3, -0.25) is 9.36 Å². The Kier molecular flexibility index (Phi) is 6.14. The molecule has 0 unspecified atom stereocenters. The van der Waals surface area contributed by atoms with Crippen molar-refractivity contribution in [2.24, 2.45) is 0 Å². The first-order chi connectivity index (χ1) is 14.2. The number of nitrogens with zero attached hydrogens (tertiary/aromatic N) is 3. The van der Waals surface area contributed by atoms with Gasteiger partial charge in [0, 0.05) is 19.1 Å².